The molecular weight excluding hydrogens is 434 g/mol. The summed E-state index contributed by atoms with van der Waals surface area (Å²) < 4.78 is 10.1. The fourth-order valence-electron chi connectivity index (χ4n) is 3.34. The Hall–Kier alpha value is -3.05. The van der Waals surface area contributed by atoms with Crippen LogP contribution in [0.3, 0.4) is 0 Å². The molecule has 0 bridgehead atoms. The molecular formula is C21H27N5O5S. The molecule has 0 aliphatic carbocycles. The van der Waals surface area contributed by atoms with Gasteiger partial charge in [-0.1, -0.05) is 11.3 Å². The van der Waals surface area contributed by atoms with Crippen molar-refractivity contribution in [3.05, 3.63) is 34.3 Å². The van der Waals surface area contributed by atoms with Crippen LogP contribution in [0.2, 0.25) is 0 Å². The lowest BCUT2D eigenvalue weighted by atomic mass is 9.97. The third-order valence-electron chi connectivity index (χ3n) is 5.05. The van der Waals surface area contributed by atoms with Crippen LogP contribution in [-0.2, 0) is 9.53 Å². The van der Waals surface area contributed by atoms with Crippen LogP contribution in [0, 0.1) is 5.92 Å². The Morgan fingerprint density at radius 2 is 1.91 bits per heavy atom. The molecule has 2 N–H and O–H groups in total. The van der Waals surface area contributed by atoms with Gasteiger partial charge in [0, 0.05) is 39.0 Å². The fraction of sp³-hybridized carbons (Fsp3) is 0.476. The van der Waals surface area contributed by atoms with E-state index in [1.54, 1.807) is 43.4 Å². The van der Waals surface area contributed by atoms with Crippen molar-refractivity contribution in [3.8, 4) is 5.75 Å². The molecule has 1 aliphatic rings. The molecule has 3 rings (SSSR count). The van der Waals surface area contributed by atoms with Gasteiger partial charge in [0.15, 0.2) is 0 Å². The largest absolute Gasteiger partial charge is 0.497 e. The fourth-order valence-corrected chi connectivity index (χ4v) is 4.05. The maximum absolute atomic E-state index is 12.9. The molecule has 10 nitrogen and oxygen atoms in total. The maximum atomic E-state index is 12.9. The van der Waals surface area contributed by atoms with Crippen LogP contribution < -0.4 is 15.4 Å². The Bertz CT molecular complexity index is 933. The van der Waals surface area contributed by atoms with E-state index >= 15 is 0 Å². The van der Waals surface area contributed by atoms with E-state index in [0.29, 0.717) is 37.7 Å². The van der Waals surface area contributed by atoms with Gasteiger partial charge in [-0.15, -0.1) is 10.2 Å². The first-order valence-electron chi connectivity index (χ1n) is 10.4. The number of likely N-dealkylation sites (tertiary alicyclic amines) is 1. The number of carbonyl (C=O) groups is 3. The van der Waals surface area contributed by atoms with Gasteiger partial charge in [-0.3, -0.25) is 14.4 Å². The number of hydrogen-bond acceptors (Lipinski definition) is 8. The number of methoxy groups -OCH3 is 2. The average Bonchev–Trinajstić information content (AvgIpc) is 3.32. The van der Waals surface area contributed by atoms with E-state index in [-0.39, 0.29) is 27.7 Å². The molecule has 0 saturated carbocycles. The Balaban J connectivity index is 1.55. The van der Waals surface area contributed by atoms with Gasteiger partial charge in [-0.2, -0.15) is 0 Å². The summed E-state index contributed by atoms with van der Waals surface area (Å²) >= 11 is 0.934. The summed E-state index contributed by atoms with van der Waals surface area (Å²) in [5.41, 5.74) is 0.578. The third kappa shape index (κ3) is 6.24. The number of ether oxygens (including phenoxy) is 2. The summed E-state index contributed by atoms with van der Waals surface area (Å²) in [6, 6.07) is 6.87. The minimum absolute atomic E-state index is 0.0598. The highest BCUT2D eigenvalue weighted by atomic mass is 32.1. The topological polar surface area (TPSA) is 123 Å². The van der Waals surface area contributed by atoms with Crippen molar-refractivity contribution in [1.29, 1.82) is 0 Å². The smallest absolute Gasteiger partial charge is 0.286 e. The first kappa shape index (κ1) is 23.6. The molecule has 0 radical (unpaired) electrons. The summed E-state index contributed by atoms with van der Waals surface area (Å²) in [6.07, 6.45) is 2.20. The number of benzene rings is 1. The van der Waals surface area contributed by atoms with Gasteiger partial charge in [0.1, 0.15) is 5.75 Å². The maximum Gasteiger partial charge on any atom is 0.286 e. The number of carbonyl (C=O) groups excluding carboxylic acids is 3. The average molecular weight is 462 g/mol. The molecule has 1 aromatic carbocycles. The number of aromatic nitrogens is 2. The third-order valence-corrected chi connectivity index (χ3v) is 5.96. The molecule has 172 valence electrons. The molecule has 0 spiro atoms. The van der Waals surface area contributed by atoms with E-state index in [9.17, 15) is 14.4 Å². The lowest BCUT2D eigenvalue weighted by Crippen LogP contribution is -2.45. The zero-order chi connectivity index (χ0) is 22.9. The zero-order valence-electron chi connectivity index (χ0n) is 18.1. The van der Waals surface area contributed by atoms with Gasteiger partial charge in [0.2, 0.25) is 15.9 Å². The van der Waals surface area contributed by atoms with Crippen LogP contribution in [0.1, 0.15) is 38.9 Å². The zero-order valence-corrected chi connectivity index (χ0v) is 18.9. The predicted octanol–water partition coefficient (Wildman–Crippen LogP) is 1.80. The number of rotatable bonds is 9. The molecule has 1 fully saturated rings. The highest BCUT2D eigenvalue weighted by Gasteiger charge is 2.30. The molecule has 1 atom stereocenters. The van der Waals surface area contributed by atoms with Crippen molar-refractivity contribution in [2.75, 3.05) is 45.8 Å². The van der Waals surface area contributed by atoms with Crippen LogP contribution in [-0.4, -0.2) is 73.3 Å². The SMILES string of the molecule is COCCCNC(=O)C1CCCN(C(=O)c2nnc(C(=O)Nc3ccc(OC)cc3)s2)C1. The van der Waals surface area contributed by atoms with Crippen molar-refractivity contribution >= 4 is 34.7 Å². The van der Waals surface area contributed by atoms with Crippen LogP contribution in [0.5, 0.6) is 5.75 Å². The lowest BCUT2D eigenvalue weighted by Gasteiger charge is -2.31. The Kier molecular flexibility index (Phi) is 8.51. The standard InChI is InChI=1S/C21H27N5O5S/c1-30-12-4-10-22-17(27)14-5-3-11-26(13-14)21(29)20-25-24-19(32-20)18(28)23-15-6-8-16(31-2)9-7-15/h6-9,14H,3-5,10-13H2,1-2H3,(H,22,27)(H,23,28). The summed E-state index contributed by atoms with van der Waals surface area (Å²) in [4.78, 5) is 39.3. The van der Waals surface area contributed by atoms with E-state index in [0.717, 1.165) is 30.6 Å². The quantitative estimate of drug-likeness (QED) is 0.546. The van der Waals surface area contributed by atoms with Gasteiger partial charge >= 0.3 is 0 Å². The highest BCUT2D eigenvalue weighted by molar-refractivity contribution is 7.15. The number of amides is 3. The van der Waals surface area contributed by atoms with Crippen molar-refractivity contribution in [1.82, 2.24) is 20.4 Å². The van der Waals surface area contributed by atoms with E-state index < -0.39 is 5.91 Å². The minimum atomic E-state index is -0.446. The molecule has 2 aromatic rings. The molecule has 11 heteroatoms. The summed E-state index contributed by atoms with van der Waals surface area (Å²) in [5, 5.41) is 13.6. The molecule has 1 aromatic heterocycles. The lowest BCUT2D eigenvalue weighted by molar-refractivity contribution is -0.126. The van der Waals surface area contributed by atoms with Crippen molar-refractivity contribution < 1.29 is 23.9 Å². The van der Waals surface area contributed by atoms with Crippen LogP contribution >= 0.6 is 11.3 Å². The second kappa shape index (κ2) is 11.5. The van der Waals surface area contributed by atoms with Gasteiger partial charge in [0.25, 0.3) is 11.8 Å². The summed E-state index contributed by atoms with van der Waals surface area (Å²) in [6.45, 7) is 1.99. The first-order valence-corrected chi connectivity index (χ1v) is 11.2. The second-order valence-corrected chi connectivity index (χ2v) is 8.30. The van der Waals surface area contributed by atoms with E-state index in [4.69, 9.17) is 9.47 Å². The minimum Gasteiger partial charge on any atom is -0.497 e. The summed E-state index contributed by atoms with van der Waals surface area (Å²) in [7, 11) is 3.18. The van der Waals surface area contributed by atoms with Crippen molar-refractivity contribution in [2.45, 2.75) is 19.3 Å². The number of nitrogens with zero attached hydrogens (tertiary/aromatic N) is 3. The van der Waals surface area contributed by atoms with Gasteiger partial charge in [-0.25, -0.2) is 0 Å². The number of anilines is 1. The molecule has 3 amide bonds. The van der Waals surface area contributed by atoms with Crippen LogP contribution in [0.15, 0.2) is 24.3 Å². The van der Waals surface area contributed by atoms with Crippen molar-refractivity contribution in [3.63, 3.8) is 0 Å². The number of piperidine rings is 1. The predicted molar refractivity (Wildman–Crippen MR) is 119 cm³/mol. The molecule has 1 saturated heterocycles. The van der Waals surface area contributed by atoms with Crippen LogP contribution in [0.4, 0.5) is 5.69 Å². The van der Waals surface area contributed by atoms with Crippen molar-refractivity contribution in [2.24, 2.45) is 5.92 Å². The van der Waals surface area contributed by atoms with Gasteiger partial charge < -0.3 is 25.0 Å². The first-order chi connectivity index (χ1) is 15.5. The Morgan fingerprint density at radius 3 is 2.62 bits per heavy atom. The number of nitrogens with one attached hydrogen (secondary N) is 2. The molecule has 1 unspecified atom stereocenters. The summed E-state index contributed by atoms with van der Waals surface area (Å²) in [5.74, 6) is -0.409. The number of hydrogen-bond donors (Lipinski definition) is 2. The Labute approximate surface area is 190 Å². The second-order valence-electron chi connectivity index (χ2n) is 7.32. The highest BCUT2D eigenvalue weighted by Crippen LogP contribution is 2.21. The van der Waals surface area contributed by atoms with E-state index in [2.05, 4.69) is 20.8 Å². The normalized spacial score (nSPS) is 15.8. The van der Waals surface area contributed by atoms with Crippen LogP contribution in [0.25, 0.3) is 0 Å². The van der Waals surface area contributed by atoms with E-state index in [1.165, 1.54) is 0 Å². The van der Waals surface area contributed by atoms with Gasteiger partial charge in [0.05, 0.1) is 13.0 Å². The molecule has 2 heterocycles. The van der Waals surface area contributed by atoms with E-state index in [1.807, 2.05) is 0 Å². The monoisotopic (exact) mass is 461 g/mol. The molecule has 1 aliphatic heterocycles. The molecule has 32 heavy (non-hydrogen) atoms. The Morgan fingerprint density at radius 1 is 1.16 bits per heavy atom. The van der Waals surface area contributed by atoms with Gasteiger partial charge in [-0.05, 0) is 43.5 Å².